The molecule has 4 nitrogen and oxygen atoms in total. The van der Waals surface area contributed by atoms with Crippen LogP contribution in [0.5, 0.6) is 5.75 Å². The number of hydrogen-bond donors (Lipinski definition) is 1. The first-order chi connectivity index (χ1) is 8.61. The van der Waals surface area contributed by atoms with E-state index in [9.17, 15) is 4.79 Å². The summed E-state index contributed by atoms with van der Waals surface area (Å²) in [6.07, 6.45) is 0. The molecule has 0 bridgehead atoms. The fourth-order valence-corrected chi connectivity index (χ4v) is 2.27. The highest BCUT2D eigenvalue weighted by Gasteiger charge is 2.15. The topological polar surface area (TPSA) is 65.2 Å². The van der Waals surface area contributed by atoms with Gasteiger partial charge in [0, 0.05) is 10.9 Å². The van der Waals surface area contributed by atoms with E-state index < -0.39 is 0 Å². The third kappa shape index (κ3) is 2.57. The minimum atomic E-state index is -0.151. The number of nitrogens with two attached hydrogens (primary N) is 1. The van der Waals surface area contributed by atoms with Gasteiger partial charge >= 0.3 is 0 Å². The van der Waals surface area contributed by atoms with E-state index in [1.54, 1.807) is 36.8 Å². The number of benzene rings is 1. The maximum Gasteiger partial charge on any atom is 0.212 e. The number of carbonyl (C=O) groups is 1. The van der Waals surface area contributed by atoms with E-state index in [1.165, 1.54) is 11.3 Å². The summed E-state index contributed by atoms with van der Waals surface area (Å²) in [4.78, 5) is 16.4. The number of rotatable bonds is 4. The molecule has 2 N–H and O–H groups in total. The van der Waals surface area contributed by atoms with E-state index in [-0.39, 0.29) is 11.8 Å². The van der Waals surface area contributed by atoms with Crippen LogP contribution >= 0.6 is 11.3 Å². The quantitative estimate of drug-likeness (QED) is 0.859. The van der Waals surface area contributed by atoms with E-state index in [1.807, 2.05) is 6.92 Å². The van der Waals surface area contributed by atoms with Crippen molar-refractivity contribution >= 4 is 17.1 Å². The van der Waals surface area contributed by atoms with Gasteiger partial charge in [-0.2, -0.15) is 0 Å². The number of carbonyl (C=O) groups excluding carboxylic acids is 1. The Morgan fingerprint density at radius 3 is 2.89 bits per heavy atom. The van der Waals surface area contributed by atoms with Crippen molar-refractivity contribution in [2.45, 2.75) is 13.0 Å². The Labute approximate surface area is 109 Å². The van der Waals surface area contributed by atoms with Crippen molar-refractivity contribution in [3.63, 3.8) is 0 Å². The van der Waals surface area contributed by atoms with Gasteiger partial charge in [-0.1, -0.05) is 12.1 Å². The highest BCUT2D eigenvalue weighted by atomic mass is 32.1. The van der Waals surface area contributed by atoms with Gasteiger partial charge in [0.15, 0.2) is 0 Å². The third-order valence-corrected chi connectivity index (χ3v) is 3.52. The van der Waals surface area contributed by atoms with Crippen LogP contribution in [0, 0.1) is 0 Å². The van der Waals surface area contributed by atoms with Gasteiger partial charge in [0.05, 0.1) is 13.2 Å². The second kappa shape index (κ2) is 5.29. The molecule has 1 aromatic heterocycles. The summed E-state index contributed by atoms with van der Waals surface area (Å²) in [5, 5.41) is 2.50. The molecule has 0 amide bonds. The van der Waals surface area contributed by atoms with Crippen LogP contribution in [-0.4, -0.2) is 17.9 Å². The largest absolute Gasteiger partial charge is 0.497 e. The average molecular weight is 262 g/mol. The first-order valence-electron chi connectivity index (χ1n) is 5.51. The number of hydrogen-bond acceptors (Lipinski definition) is 5. The van der Waals surface area contributed by atoms with E-state index in [0.29, 0.717) is 17.0 Å². The predicted octanol–water partition coefficient (Wildman–Crippen LogP) is 2.40. The fourth-order valence-electron chi connectivity index (χ4n) is 1.51. The number of thiazole rings is 1. The molecule has 0 fully saturated rings. The fraction of sp³-hybridized carbons (Fsp3) is 0.231. The monoisotopic (exact) mass is 262 g/mol. The average Bonchev–Trinajstić information content (AvgIpc) is 2.87. The molecule has 1 unspecified atom stereocenters. The number of nitrogens with zero attached hydrogens (tertiary/aromatic N) is 1. The second-order valence-corrected chi connectivity index (χ2v) is 4.81. The van der Waals surface area contributed by atoms with E-state index in [4.69, 9.17) is 10.5 Å². The van der Waals surface area contributed by atoms with Crippen LogP contribution < -0.4 is 10.5 Å². The molecule has 94 valence electrons. The van der Waals surface area contributed by atoms with Gasteiger partial charge in [0.2, 0.25) is 5.78 Å². The first kappa shape index (κ1) is 12.7. The SMILES string of the molecule is COc1cccc(C(=O)c2csc(C(C)N)n2)c1. The lowest BCUT2D eigenvalue weighted by molar-refractivity contribution is 0.103. The van der Waals surface area contributed by atoms with Crippen molar-refractivity contribution in [1.29, 1.82) is 0 Å². The molecule has 0 aliphatic heterocycles. The summed E-state index contributed by atoms with van der Waals surface area (Å²) in [6, 6.07) is 6.88. The number of methoxy groups -OCH3 is 1. The molecule has 1 aromatic carbocycles. The summed E-state index contributed by atoms with van der Waals surface area (Å²) < 4.78 is 5.09. The predicted molar refractivity (Wildman–Crippen MR) is 71.1 cm³/mol. The zero-order valence-corrected chi connectivity index (χ0v) is 11.0. The molecule has 2 aromatic rings. The van der Waals surface area contributed by atoms with Crippen LogP contribution in [-0.2, 0) is 0 Å². The molecule has 0 aliphatic carbocycles. The van der Waals surface area contributed by atoms with Crippen molar-refractivity contribution in [2.24, 2.45) is 5.73 Å². The van der Waals surface area contributed by atoms with Gasteiger partial charge in [0.25, 0.3) is 0 Å². The lowest BCUT2D eigenvalue weighted by atomic mass is 10.1. The van der Waals surface area contributed by atoms with Crippen LogP contribution in [0.15, 0.2) is 29.6 Å². The Hall–Kier alpha value is -1.72. The third-order valence-electron chi connectivity index (χ3n) is 2.48. The minimum Gasteiger partial charge on any atom is -0.497 e. The van der Waals surface area contributed by atoms with Crippen LogP contribution in [0.4, 0.5) is 0 Å². The molecule has 0 saturated carbocycles. The van der Waals surface area contributed by atoms with Crippen LogP contribution in [0.2, 0.25) is 0 Å². The summed E-state index contributed by atoms with van der Waals surface area (Å²) in [7, 11) is 1.57. The van der Waals surface area contributed by atoms with Gasteiger partial charge < -0.3 is 10.5 Å². The van der Waals surface area contributed by atoms with Crippen molar-refractivity contribution in [2.75, 3.05) is 7.11 Å². The Morgan fingerprint density at radius 2 is 2.28 bits per heavy atom. The molecule has 0 radical (unpaired) electrons. The zero-order chi connectivity index (χ0) is 13.1. The van der Waals surface area contributed by atoms with Gasteiger partial charge in [-0.05, 0) is 19.1 Å². The minimum absolute atomic E-state index is 0.114. The molecule has 1 heterocycles. The molecule has 0 saturated heterocycles. The summed E-state index contributed by atoms with van der Waals surface area (Å²) in [6.45, 7) is 1.85. The molecule has 1 atom stereocenters. The van der Waals surface area contributed by atoms with E-state index >= 15 is 0 Å². The van der Waals surface area contributed by atoms with Crippen molar-refractivity contribution < 1.29 is 9.53 Å². The number of aromatic nitrogens is 1. The molecule has 0 aliphatic rings. The highest BCUT2D eigenvalue weighted by Crippen LogP contribution is 2.20. The second-order valence-electron chi connectivity index (χ2n) is 3.92. The van der Waals surface area contributed by atoms with Crippen molar-refractivity contribution in [3.8, 4) is 5.75 Å². The number of ether oxygens (including phenoxy) is 1. The Kier molecular flexibility index (Phi) is 3.74. The summed E-state index contributed by atoms with van der Waals surface area (Å²) in [5.74, 6) is 0.542. The molecule has 0 spiro atoms. The van der Waals surface area contributed by atoms with E-state index in [0.717, 1.165) is 5.01 Å². The molecule has 2 rings (SSSR count). The Bertz CT molecular complexity index is 564. The molecular weight excluding hydrogens is 248 g/mol. The normalized spacial score (nSPS) is 12.2. The Morgan fingerprint density at radius 1 is 1.50 bits per heavy atom. The van der Waals surface area contributed by atoms with Crippen molar-refractivity contribution in [1.82, 2.24) is 4.98 Å². The maximum atomic E-state index is 12.2. The van der Waals surface area contributed by atoms with E-state index in [2.05, 4.69) is 4.98 Å². The Balaban J connectivity index is 2.29. The van der Waals surface area contributed by atoms with Crippen molar-refractivity contribution in [3.05, 3.63) is 45.9 Å². The lowest BCUT2D eigenvalue weighted by Gasteiger charge is -2.02. The van der Waals surface area contributed by atoms with Gasteiger partial charge in [-0.25, -0.2) is 4.98 Å². The molecule has 18 heavy (non-hydrogen) atoms. The lowest BCUT2D eigenvalue weighted by Crippen LogP contribution is -2.06. The summed E-state index contributed by atoms with van der Waals surface area (Å²) >= 11 is 1.40. The highest BCUT2D eigenvalue weighted by molar-refractivity contribution is 7.09. The van der Waals surface area contributed by atoms with Crippen LogP contribution in [0.1, 0.15) is 34.0 Å². The van der Waals surface area contributed by atoms with Gasteiger partial charge in [0.1, 0.15) is 16.5 Å². The van der Waals surface area contributed by atoms with Crippen LogP contribution in [0.3, 0.4) is 0 Å². The smallest absolute Gasteiger partial charge is 0.212 e. The molecule has 5 heteroatoms. The summed E-state index contributed by atoms with van der Waals surface area (Å²) in [5.41, 5.74) is 6.72. The van der Waals surface area contributed by atoms with Gasteiger partial charge in [-0.3, -0.25) is 4.79 Å². The standard InChI is InChI=1S/C13H14N2O2S/c1-8(14)13-15-11(7-18-13)12(16)9-4-3-5-10(6-9)17-2/h3-8H,14H2,1-2H3. The van der Waals surface area contributed by atoms with Gasteiger partial charge in [-0.15, -0.1) is 11.3 Å². The number of ketones is 1. The maximum absolute atomic E-state index is 12.2. The molecular formula is C13H14N2O2S. The first-order valence-corrected chi connectivity index (χ1v) is 6.39. The zero-order valence-electron chi connectivity index (χ0n) is 10.2. The van der Waals surface area contributed by atoms with Crippen LogP contribution in [0.25, 0.3) is 0 Å².